The molecule has 1 aromatic heterocycles. The van der Waals surface area contributed by atoms with Crippen LogP contribution in [-0.4, -0.2) is 39.7 Å². The van der Waals surface area contributed by atoms with Crippen molar-refractivity contribution in [3.8, 4) is 0 Å². The molecule has 1 aromatic rings. The van der Waals surface area contributed by atoms with Gasteiger partial charge in [0.2, 0.25) is 0 Å². The van der Waals surface area contributed by atoms with Crippen molar-refractivity contribution in [2.75, 3.05) is 18.1 Å². The first kappa shape index (κ1) is 12.9. The number of aliphatic hydroxyl groups is 1. The van der Waals surface area contributed by atoms with Crippen LogP contribution in [0.1, 0.15) is 20.8 Å². The molecule has 0 bridgehead atoms. The number of hydrogen-bond acceptors (Lipinski definition) is 4. The third-order valence-electron chi connectivity index (χ3n) is 2.71. The van der Waals surface area contributed by atoms with Crippen LogP contribution < -0.4 is 4.90 Å². The summed E-state index contributed by atoms with van der Waals surface area (Å²) in [5.74, 6) is 0.707. The maximum atomic E-state index is 12.1. The molecule has 6 nitrogen and oxygen atoms in total. The fourth-order valence-electron chi connectivity index (χ4n) is 1.95. The summed E-state index contributed by atoms with van der Waals surface area (Å²) in [7, 11) is 0. The molecule has 1 aliphatic heterocycles. The van der Waals surface area contributed by atoms with Gasteiger partial charge in [0.05, 0.1) is 6.20 Å². The molecular formula is C12H19N3O3. The smallest absolute Gasteiger partial charge is 0.416 e. The molecule has 1 unspecified atom stereocenters. The van der Waals surface area contributed by atoms with Crippen LogP contribution in [0.3, 0.4) is 0 Å². The van der Waals surface area contributed by atoms with Crippen LogP contribution in [0.5, 0.6) is 0 Å². The van der Waals surface area contributed by atoms with Gasteiger partial charge in [-0.25, -0.2) is 9.48 Å². The second-order valence-electron chi connectivity index (χ2n) is 5.51. The molecule has 2 rings (SSSR count). The Labute approximate surface area is 106 Å². The Balaban J connectivity index is 2.20. The third-order valence-corrected chi connectivity index (χ3v) is 2.71. The van der Waals surface area contributed by atoms with Gasteiger partial charge in [-0.2, -0.15) is 5.10 Å². The summed E-state index contributed by atoms with van der Waals surface area (Å²) in [5, 5.41) is 13.4. The van der Waals surface area contributed by atoms with Crippen LogP contribution >= 0.6 is 0 Å². The van der Waals surface area contributed by atoms with Crippen molar-refractivity contribution in [1.82, 2.24) is 9.78 Å². The molecule has 0 aromatic carbocycles. The molecule has 6 heteroatoms. The van der Waals surface area contributed by atoms with Crippen molar-refractivity contribution in [1.29, 1.82) is 0 Å². The van der Waals surface area contributed by atoms with Crippen molar-refractivity contribution in [2.24, 2.45) is 5.92 Å². The molecule has 18 heavy (non-hydrogen) atoms. The maximum absolute atomic E-state index is 12.1. The van der Waals surface area contributed by atoms with Gasteiger partial charge < -0.3 is 9.84 Å². The van der Waals surface area contributed by atoms with Crippen molar-refractivity contribution >= 4 is 11.9 Å². The van der Waals surface area contributed by atoms with E-state index in [0.29, 0.717) is 18.9 Å². The highest BCUT2D eigenvalue weighted by molar-refractivity contribution is 5.87. The van der Waals surface area contributed by atoms with Gasteiger partial charge in [0.1, 0.15) is 11.4 Å². The second kappa shape index (κ2) is 4.61. The molecule has 1 N–H and O–H groups in total. The lowest BCUT2D eigenvalue weighted by Gasteiger charge is -2.33. The van der Waals surface area contributed by atoms with E-state index in [1.165, 1.54) is 4.90 Å². The minimum Gasteiger partial charge on any atom is -0.443 e. The molecule has 0 saturated heterocycles. The minimum absolute atomic E-state index is 0.00933. The Hall–Kier alpha value is -1.56. The predicted octanol–water partition coefficient (Wildman–Crippen LogP) is 1.25. The number of anilines is 1. The number of fused-ring (bicyclic) bond motifs is 1. The Morgan fingerprint density at radius 3 is 2.89 bits per heavy atom. The molecule has 1 atom stereocenters. The summed E-state index contributed by atoms with van der Waals surface area (Å²) in [4.78, 5) is 13.6. The lowest BCUT2D eigenvalue weighted by atomic mass is 10.1. The zero-order valence-electron chi connectivity index (χ0n) is 11.0. The number of aliphatic hydroxyl groups excluding tert-OH is 1. The first-order valence-corrected chi connectivity index (χ1v) is 6.04. The van der Waals surface area contributed by atoms with E-state index >= 15 is 0 Å². The van der Waals surface area contributed by atoms with Gasteiger partial charge in [0.15, 0.2) is 0 Å². The number of amides is 1. The van der Waals surface area contributed by atoms with Crippen LogP contribution in [0, 0.1) is 5.92 Å². The first-order valence-electron chi connectivity index (χ1n) is 6.04. The monoisotopic (exact) mass is 253 g/mol. The fourth-order valence-corrected chi connectivity index (χ4v) is 1.95. The van der Waals surface area contributed by atoms with Crippen molar-refractivity contribution in [3.63, 3.8) is 0 Å². The highest BCUT2D eigenvalue weighted by Crippen LogP contribution is 2.24. The molecule has 1 aliphatic rings. The Kier molecular flexibility index (Phi) is 3.30. The lowest BCUT2D eigenvalue weighted by molar-refractivity contribution is 0.0555. The summed E-state index contributed by atoms with van der Waals surface area (Å²) < 4.78 is 7.08. The molecule has 0 spiro atoms. The van der Waals surface area contributed by atoms with Crippen molar-refractivity contribution < 1.29 is 14.6 Å². The van der Waals surface area contributed by atoms with E-state index in [-0.39, 0.29) is 12.5 Å². The molecule has 0 aliphatic carbocycles. The Morgan fingerprint density at radius 1 is 1.56 bits per heavy atom. The average Bonchev–Trinajstić information content (AvgIpc) is 2.72. The molecular weight excluding hydrogens is 234 g/mol. The van der Waals surface area contributed by atoms with E-state index in [9.17, 15) is 9.90 Å². The van der Waals surface area contributed by atoms with Gasteiger partial charge in [-0.1, -0.05) is 0 Å². The van der Waals surface area contributed by atoms with Crippen LogP contribution in [0.25, 0.3) is 0 Å². The zero-order chi connectivity index (χ0) is 13.3. The maximum Gasteiger partial charge on any atom is 0.416 e. The van der Waals surface area contributed by atoms with Crippen molar-refractivity contribution in [3.05, 3.63) is 12.3 Å². The van der Waals surface area contributed by atoms with Crippen LogP contribution in [-0.2, 0) is 11.3 Å². The van der Waals surface area contributed by atoms with Gasteiger partial charge in [-0.05, 0) is 20.8 Å². The van der Waals surface area contributed by atoms with E-state index in [0.717, 1.165) is 0 Å². The van der Waals surface area contributed by atoms with Crippen LogP contribution in [0.4, 0.5) is 10.6 Å². The number of aromatic nitrogens is 2. The molecule has 2 heterocycles. The molecule has 0 fully saturated rings. The molecule has 0 saturated carbocycles. The van der Waals surface area contributed by atoms with E-state index in [1.807, 2.05) is 20.8 Å². The third kappa shape index (κ3) is 2.64. The van der Waals surface area contributed by atoms with E-state index < -0.39 is 11.7 Å². The number of rotatable bonds is 1. The van der Waals surface area contributed by atoms with Gasteiger partial charge in [-0.15, -0.1) is 0 Å². The number of carbonyl (C=O) groups is 1. The highest BCUT2D eigenvalue weighted by Gasteiger charge is 2.31. The lowest BCUT2D eigenvalue weighted by Crippen LogP contribution is -2.45. The molecule has 100 valence electrons. The Morgan fingerprint density at radius 2 is 2.28 bits per heavy atom. The second-order valence-corrected chi connectivity index (χ2v) is 5.51. The standard InChI is InChI=1S/C12H19N3O3/c1-12(2,3)18-11(17)14-6-9(8-16)7-15-10(14)4-5-13-15/h4-5,9,16H,6-8H2,1-3H3. The van der Waals surface area contributed by atoms with E-state index in [4.69, 9.17) is 4.74 Å². The minimum atomic E-state index is -0.534. The predicted molar refractivity (Wildman–Crippen MR) is 66.4 cm³/mol. The Bertz CT molecular complexity index is 436. The van der Waals surface area contributed by atoms with Gasteiger partial charge in [-0.3, -0.25) is 4.90 Å². The van der Waals surface area contributed by atoms with Gasteiger partial charge in [0, 0.05) is 31.7 Å². The average molecular weight is 253 g/mol. The fraction of sp³-hybridized carbons (Fsp3) is 0.667. The summed E-state index contributed by atoms with van der Waals surface area (Å²) in [6.07, 6.45) is 1.24. The van der Waals surface area contributed by atoms with Crippen molar-refractivity contribution in [2.45, 2.75) is 32.9 Å². The first-order chi connectivity index (χ1) is 8.40. The zero-order valence-corrected chi connectivity index (χ0v) is 11.0. The SMILES string of the molecule is CC(C)(C)OC(=O)N1CC(CO)Cn2nccc21. The summed E-state index contributed by atoms with van der Waals surface area (Å²) >= 11 is 0. The van der Waals surface area contributed by atoms with Crippen LogP contribution in [0.2, 0.25) is 0 Å². The summed E-state index contributed by atoms with van der Waals surface area (Å²) in [6, 6.07) is 1.78. The summed E-state index contributed by atoms with van der Waals surface area (Å²) in [5.41, 5.74) is -0.534. The summed E-state index contributed by atoms with van der Waals surface area (Å²) in [6.45, 7) is 6.59. The topological polar surface area (TPSA) is 67.6 Å². The normalized spacial score (nSPS) is 19.6. The molecule has 1 amide bonds. The quantitative estimate of drug-likeness (QED) is 0.817. The van der Waals surface area contributed by atoms with Crippen LogP contribution in [0.15, 0.2) is 12.3 Å². The number of ether oxygens (including phenoxy) is 1. The highest BCUT2D eigenvalue weighted by atomic mass is 16.6. The number of carbonyl (C=O) groups excluding carboxylic acids is 1. The molecule has 0 radical (unpaired) electrons. The number of hydrogen-bond donors (Lipinski definition) is 1. The van der Waals surface area contributed by atoms with Gasteiger partial charge >= 0.3 is 6.09 Å². The van der Waals surface area contributed by atoms with Gasteiger partial charge in [0.25, 0.3) is 0 Å². The van der Waals surface area contributed by atoms with E-state index in [2.05, 4.69) is 5.10 Å². The largest absolute Gasteiger partial charge is 0.443 e. The van der Waals surface area contributed by atoms with E-state index in [1.54, 1.807) is 16.9 Å². The number of nitrogens with zero attached hydrogens (tertiary/aromatic N) is 3.